The van der Waals surface area contributed by atoms with Gasteiger partial charge in [-0.25, -0.2) is 4.98 Å². The van der Waals surface area contributed by atoms with Crippen molar-refractivity contribution in [2.75, 3.05) is 6.61 Å². The second kappa shape index (κ2) is 5.24. The van der Waals surface area contributed by atoms with Crippen LogP contribution in [0.3, 0.4) is 0 Å². The Morgan fingerprint density at radius 2 is 1.79 bits per heavy atom. The Morgan fingerprint density at radius 1 is 1.00 bits per heavy atom. The van der Waals surface area contributed by atoms with Gasteiger partial charge in [0.15, 0.2) is 5.58 Å². The van der Waals surface area contributed by atoms with E-state index in [1.54, 1.807) is 0 Å². The summed E-state index contributed by atoms with van der Waals surface area (Å²) in [5, 5.41) is 8.82. The number of rotatable bonds is 4. The average Bonchev–Trinajstić information content (AvgIpc) is 2.89. The number of hydrogen-bond acceptors (Lipinski definition) is 3. The smallest absolute Gasteiger partial charge is 0.227 e. The van der Waals surface area contributed by atoms with Crippen molar-refractivity contribution in [1.82, 2.24) is 4.98 Å². The van der Waals surface area contributed by atoms with Crippen molar-refractivity contribution < 1.29 is 9.52 Å². The molecule has 0 aliphatic heterocycles. The molecule has 0 aliphatic carbocycles. The van der Waals surface area contributed by atoms with E-state index in [2.05, 4.69) is 17.1 Å². The number of para-hydroxylation sites is 2. The number of fused-ring (bicyclic) bond motifs is 1. The van der Waals surface area contributed by atoms with Crippen molar-refractivity contribution >= 4 is 11.1 Å². The molecule has 0 unspecified atom stereocenters. The number of oxazole rings is 1. The minimum atomic E-state index is 0.229. The van der Waals surface area contributed by atoms with Crippen LogP contribution in [0.15, 0.2) is 52.9 Å². The Balaban J connectivity index is 1.88. The highest BCUT2D eigenvalue weighted by Crippen LogP contribution is 2.24. The van der Waals surface area contributed by atoms with Gasteiger partial charge in [0.2, 0.25) is 5.89 Å². The van der Waals surface area contributed by atoms with Gasteiger partial charge >= 0.3 is 0 Å². The molecule has 0 amide bonds. The minimum Gasteiger partial charge on any atom is -0.436 e. The van der Waals surface area contributed by atoms with E-state index in [0.717, 1.165) is 29.5 Å². The number of aromatic nitrogens is 1. The maximum atomic E-state index is 8.82. The van der Waals surface area contributed by atoms with E-state index < -0.39 is 0 Å². The monoisotopic (exact) mass is 253 g/mol. The summed E-state index contributed by atoms with van der Waals surface area (Å²) in [7, 11) is 0. The maximum absolute atomic E-state index is 8.82. The molecule has 0 aliphatic rings. The quantitative estimate of drug-likeness (QED) is 0.775. The van der Waals surface area contributed by atoms with Crippen LogP contribution in [0.4, 0.5) is 0 Å². The van der Waals surface area contributed by atoms with Crippen molar-refractivity contribution in [3.05, 3.63) is 54.1 Å². The zero-order valence-electron chi connectivity index (χ0n) is 10.5. The number of aryl methyl sites for hydroxylation is 1. The lowest BCUT2D eigenvalue weighted by Gasteiger charge is -2.00. The van der Waals surface area contributed by atoms with Crippen LogP contribution in [0.1, 0.15) is 12.0 Å². The molecule has 1 heterocycles. The Kier molecular flexibility index (Phi) is 3.29. The van der Waals surface area contributed by atoms with Crippen LogP contribution in [-0.2, 0) is 6.42 Å². The van der Waals surface area contributed by atoms with E-state index in [0.29, 0.717) is 5.89 Å². The van der Waals surface area contributed by atoms with E-state index in [1.807, 2.05) is 36.4 Å². The second-order valence-electron chi connectivity index (χ2n) is 4.51. The fraction of sp³-hybridized carbons (Fsp3) is 0.188. The summed E-state index contributed by atoms with van der Waals surface area (Å²) in [6.45, 7) is 0.229. The molecule has 96 valence electrons. The van der Waals surface area contributed by atoms with Crippen molar-refractivity contribution in [2.45, 2.75) is 12.8 Å². The van der Waals surface area contributed by atoms with Gasteiger partial charge in [0.05, 0.1) is 0 Å². The fourth-order valence-electron chi connectivity index (χ4n) is 2.09. The molecule has 3 nitrogen and oxygen atoms in total. The molecule has 0 fully saturated rings. The van der Waals surface area contributed by atoms with Crippen LogP contribution < -0.4 is 0 Å². The van der Waals surface area contributed by atoms with E-state index in [-0.39, 0.29) is 6.61 Å². The number of hydrogen-bond donors (Lipinski definition) is 1. The highest BCUT2D eigenvalue weighted by atomic mass is 16.3. The highest BCUT2D eigenvalue weighted by Gasteiger charge is 2.07. The number of aliphatic hydroxyl groups excluding tert-OH is 1. The number of nitrogens with zero attached hydrogens (tertiary/aromatic N) is 1. The lowest BCUT2D eigenvalue weighted by atomic mass is 10.1. The van der Waals surface area contributed by atoms with Gasteiger partial charge in [-0.3, -0.25) is 0 Å². The summed E-state index contributed by atoms with van der Waals surface area (Å²) in [6, 6.07) is 15.9. The summed E-state index contributed by atoms with van der Waals surface area (Å²) >= 11 is 0. The molecule has 3 heteroatoms. The zero-order valence-corrected chi connectivity index (χ0v) is 10.5. The molecular formula is C16H15NO2. The Bertz CT molecular complexity index is 638. The van der Waals surface area contributed by atoms with Crippen LogP contribution in [0.25, 0.3) is 22.6 Å². The molecule has 2 aromatic carbocycles. The average molecular weight is 253 g/mol. The molecule has 0 saturated heterocycles. The molecule has 19 heavy (non-hydrogen) atoms. The van der Waals surface area contributed by atoms with Gasteiger partial charge in [-0.2, -0.15) is 0 Å². The Hall–Kier alpha value is -2.13. The second-order valence-corrected chi connectivity index (χ2v) is 4.51. The van der Waals surface area contributed by atoms with Crippen LogP contribution in [-0.4, -0.2) is 16.7 Å². The first-order chi connectivity index (χ1) is 9.36. The van der Waals surface area contributed by atoms with Crippen LogP contribution in [0.5, 0.6) is 0 Å². The van der Waals surface area contributed by atoms with Crippen molar-refractivity contribution in [3.8, 4) is 11.5 Å². The zero-order chi connectivity index (χ0) is 13.1. The third-order valence-electron chi connectivity index (χ3n) is 3.12. The Morgan fingerprint density at radius 3 is 2.53 bits per heavy atom. The normalized spacial score (nSPS) is 11.0. The van der Waals surface area contributed by atoms with E-state index >= 15 is 0 Å². The first kappa shape index (κ1) is 11.9. The van der Waals surface area contributed by atoms with Gasteiger partial charge in [-0.1, -0.05) is 24.3 Å². The molecule has 3 aromatic rings. The standard InChI is InChI=1S/C16H15NO2/c18-11-3-4-12-7-9-13(10-8-12)16-17-14-5-1-2-6-15(14)19-16/h1-2,5-10,18H,3-4,11H2. The molecule has 0 spiro atoms. The van der Waals surface area contributed by atoms with Crippen LogP contribution >= 0.6 is 0 Å². The molecule has 0 bridgehead atoms. The molecular weight excluding hydrogens is 238 g/mol. The molecule has 1 aromatic heterocycles. The predicted molar refractivity (Wildman–Crippen MR) is 74.9 cm³/mol. The highest BCUT2D eigenvalue weighted by molar-refractivity contribution is 5.75. The Labute approximate surface area is 111 Å². The summed E-state index contributed by atoms with van der Waals surface area (Å²) in [4.78, 5) is 4.47. The molecule has 1 N–H and O–H groups in total. The SMILES string of the molecule is OCCCc1ccc(-c2nc3ccccc3o2)cc1. The lowest BCUT2D eigenvalue weighted by Crippen LogP contribution is -1.89. The van der Waals surface area contributed by atoms with Crippen LogP contribution in [0, 0.1) is 0 Å². The van der Waals surface area contributed by atoms with E-state index in [9.17, 15) is 0 Å². The third kappa shape index (κ3) is 2.51. The summed E-state index contributed by atoms with van der Waals surface area (Å²) in [5.41, 5.74) is 3.88. The van der Waals surface area contributed by atoms with Gasteiger partial charge in [-0.05, 0) is 42.7 Å². The summed E-state index contributed by atoms with van der Waals surface area (Å²) in [5.74, 6) is 0.648. The van der Waals surface area contributed by atoms with Crippen molar-refractivity contribution in [2.24, 2.45) is 0 Å². The predicted octanol–water partition coefficient (Wildman–Crippen LogP) is 3.42. The molecule has 0 radical (unpaired) electrons. The van der Waals surface area contributed by atoms with Crippen LogP contribution in [0.2, 0.25) is 0 Å². The minimum absolute atomic E-state index is 0.229. The number of benzene rings is 2. The van der Waals surface area contributed by atoms with Crippen molar-refractivity contribution in [1.29, 1.82) is 0 Å². The molecule has 3 rings (SSSR count). The van der Waals surface area contributed by atoms with Gasteiger partial charge in [0, 0.05) is 12.2 Å². The third-order valence-corrected chi connectivity index (χ3v) is 3.12. The largest absolute Gasteiger partial charge is 0.436 e. The summed E-state index contributed by atoms with van der Waals surface area (Å²) < 4.78 is 5.72. The summed E-state index contributed by atoms with van der Waals surface area (Å²) in [6.07, 6.45) is 1.69. The van der Waals surface area contributed by atoms with E-state index in [1.165, 1.54) is 5.56 Å². The van der Waals surface area contributed by atoms with Gasteiger partial charge in [-0.15, -0.1) is 0 Å². The molecule has 0 atom stereocenters. The lowest BCUT2D eigenvalue weighted by molar-refractivity contribution is 0.288. The molecule has 0 saturated carbocycles. The maximum Gasteiger partial charge on any atom is 0.227 e. The van der Waals surface area contributed by atoms with Gasteiger partial charge in [0.25, 0.3) is 0 Å². The van der Waals surface area contributed by atoms with E-state index in [4.69, 9.17) is 9.52 Å². The first-order valence-electron chi connectivity index (χ1n) is 6.42. The van der Waals surface area contributed by atoms with Gasteiger partial charge in [0.1, 0.15) is 5.52 Å². The fourth-order valence-corrected chi connectivity index (χ4v) is 2.09. The topological polar surface area (TPSA) is 46.3 Å². The van der Waals surface area contributed by atoms with Gasteiger partial charge < -0.3 is 9.52 Å². The van der Waals surface area contributed by atoms with Crippen molar-refractivity contribution in [3.63, 3.8) is 0 Å². The first-order valence-corrected chi connectivity index (χ1v) is 6.42. The number of aliphatic hydroxyl groups is 1.